The molecule has 3 heteroatoms. The van der Waals surface area contributed by atoms with Crippen molar-refractivity contribution in [1.29, 1.82) is 0 Å². The first-order chi connectivity index (χ1) is 7.88. The van der Waals surface area contributed by atoms with Crippen LogP contribution in [0.3, 0.4) is 0 Å². The molecule has 0 heterocycles. The molecule has 0 saturated heterocycles. The minimum Gasteiger partial charge on any atom is -0.481 e. The summed E-state index contributed by atoms with van der Waals surface area (Å²) >= 11 is 0. The van der Waals surface area contributed by atoms with E-state index in [0.717, 1.165) is 27.8 Å². The molecule has 3 nitrogen and oxygen atoms in total. The second kappa shape index (κ2) is 5.32. The Balaban J connectivity index is 3.31. The Hall–Kier alpha value is -1.35. The zero-order valence-corrected chi connectivity index (χ0v) is 10.9. The van der Waals surface area contributed by atoms with E-state index in [2.05, 4.69) is 6.07 Å². The number of rotatable bonds is 4. The Morgan fingerprint density at radius 2 is 1.65 bits per heavy atom. The third-order valence-corrected chi connectivity index (χ3v) is 3.47. The first-order valence-electron chi connectivity index (χ1n) is 5.78. The van der Waals surface area contributed by atoms with Crippen LogP contribution in [-0.2, 0) is 4.79 Å². The third-order valence-electron chi connectivity index (χ3n) is 3.47. The van der Waals surface area contributed by atoms with Crippen LogP contribution in [0.4, 0.5) is 0 Å². The first-order valence-corrected chi connectivity index (χ1v) is 5.78. The lowest BCUT2D eigenvalue weighted by molar-refractivity contribution is -0.137. The number of carbonyl (C=O) groups is 1. The quantitative estimate of drug-likeness (QED) is 0.844. The zero-order chi connectivity index (χ0) is 13.2. The van der Waals surface area contributed by atoms with Crippen LogP contribution in [0.1, 0.15) is 40.2 Å². The van der Waals surface area contributed by atoms with Crippen molar-refractivity contribution < 1.29 is 15.0 Å². The van der Waals surface area contributed by atoms with Gasteiger partial charge in [-0.1, -0.05) is 6.07 Å². The van der Waals surface area contributed by atoms with Crippen LogP contribution in [0.25, 0.3) is 0 Å². The van der Waals surface area contributed by atoms with Gasteiger partial charge in [0.2, 0.25) is 0 Å². The molecule has 0 radical (unpaired) electrons. The number of aryl methyl sites for hydroxylation is 2. The van der Waals surface area contributed by atoms with E-state index in [0.29, 0.717) is 0 Å². The van der Waals surface area contributed by atoms with Gasteiger partial charge in [0.05, 0.1) is 13.0 Å². The number of hydrogen-bond donors (Lipinski definition) is 2. The Bertz CT molecular complexity index is 409. The molecule has 94 valence electrons. The van der Waals surface area contributed by atoms with E-state index < -0.39 is 5.97 Å². The largest absolute Gasteiger partial charge is 0.481 e. The molecule has 0 aliphatic rings. The molecular formula is C14H20O3. The monoisotopic (exact) mass is 236 g/mol. The van der Waals surface area contributed by atoms with Crippen molar-refractivity contribution >= 4 is 5.97 Å². The van der Waals surface area contributed by atoms with E-state index in [1.54, 1.807) is 0 Å². The maximum atomic E-state index is 10.8. The normalized spacial score (nSPS) is 12.5. The van der Waals surface area contributed by atoms with Gasteiger partial charge in [-0.2, -0.15) is 0 Å². The SMILES string of the molecule is Cc1cc(C)c(C)c(C(CO)CC(=O)O)c1C. The number of carboxylic acids is 1. The number of aliphatic hydroxyl groups is 1. The van der Waals surface area contributed by atoms with Gasteiger partial charge in [0, 0.05) is 5.92 Å². The topological polar surface area (TPSA) is 57.5 Å². The molecule has 0 aliphatic carbocycles. The number of aliphatic hydroxyl groups excluding tert-OH is 1. The molecule has 17 heavy (non-hydrogen) atoms. The van der Waals surface area contributed by atoms with E-state index in [1.807, 2.05) is 27.7 Å². The molecule has 0 aromatic heterocycles. The van der Waals surface area contributed by atoms with Gasteiger partial charge >= 0.3 is 5.97 Å². The fraction of sp³-hybridized carbons (Fsp3) is 0.500. The second-order valence-corrected chi connectivity index (χ2v) is 4.65. The molecule has 0 amide bonds. The van der Waals surface area contributed by atoms with E-state index in [1.165, 1.54) is 0 Å². The Morgan fingerprint density at radius 1 is 1.18 bits per heavy atom. The standard InChI is InChI=1S/C14H20O3/c1-8-5-9(2)11(4)14(10(8)3)12(7-15)6-13(16)17/h5,12,15H,6-7H2,1-4H3,(H,16,17). The van der Waals surface area contributed by atoms with Crippen molar-refractivity contribution in [2.45, 2.75) is 40.0 Å². The summed E-state index contributed by atoms with van der Waals surface area (Å²) in [5.41, 5.74) is 5.47. The highest BCUT2D eigenvalue weighted by Gasteiger charge is 2.20. The van der Waals surface area contributed by atoms with E-state index in [4.69, 9.17) is 5.11 Å². The van der Waals surface area contributed by atoms with Crippen LogP contribution in [0.15, 0.2) is 6.07 Å². The van der Waals surface area contributed by atoms with Gasteiger partial charge in [-0.15, -0.1) is 0 Å². The number of hydrogen-bond acceptors (Lipinski definition) is 2. The van der Waals surface area contributed by atoms with Gasteiger partial charge in [0.25, 0.3) is 0 Å². The smallest absolute Gasteiger partial charge is 0.304 e. The summed E-state index contributed by atoms with van der Waals surface area (Å²) in [5, 5.41) is 18.3. The minimum atomic E-state index is -0.873. The highest BCUT2D eigenvalue weighted by Crippen LogP contribution is 2.30. The lowest BCUT2D eigenvalue weighted by Crippen LogP contribution is -2.14. The summed E-state index contributed by atoms with van der Waals surface area (Å²) in [4.78, 5) is 10.8. The average molecular weight is 236 g/mol. The Kier molecular flexibility index (Phi) is 4.29. The van der Waals surface area contributed by atoms with Gasteiger partial charge in [-0.25, -0.2) is 0 Å². The Morgan fingerprint density at radius 3 is 2.00 bits per heavy atom. The first kappa shape index (κ1) is 13.7. The van der Waals surface area contributed by atoms with Crippen LogP contribution in [0, 0.1) is 27.7 Å². The van der Waals surface area contributed by atoms with Crippen LogP contribution >= 0.6 is 0 Å². The molecular weight excluding hydrogens is 216 g/mol. The maximum absolute atomic E-state index is 10.8. The predicted octanol–water partition coefficient (Wildman–Crippen LogP) is 2.47. The molecule has 0 saturated carbocycles. The molecule has 1 unspecified atom stereocenters. The minimum absolute atomic E-state index is 0.0267. The van der Waals surface area contributed by atoms with Crippen molar-refractivity contribution in [2.24, 2.45) is 0 Å². The highest BCUT2D eigenvalue weighted by molar-refractivity contribution is 5.68. The van der Waals surface area contributed by atoms with Gasteiger partial charge in [0.1, 0.15) is 0 Å². The molecule has 1 rings (SSSR count). The number of carboxylic acid groups (broad SMARTS) is 1. The number of aliphatic carboxylic acids is 1. The maximum Gasteiger partial charge on any atom is 0.304 e. The van der Waals surface area contributed by atoms with Gasteiger partial charge in [-0.3, -0.25) is 4.79 Å². The van der Waals surface area contributed by atoms with Gasteiger partial charge in [0.15, 0.2) is 0 Å². The predicted molar refractivity (Wildman–Crippen MR) is 67.5 cm³/mol. The average Bonchev–Trinajstić information content (AvgIpc) is 2.24. The second-order valence-electron chi connectivity index (χ2n) is 4.65. The number of benzene rings is 1. The van der Waals surface area contributed by atoms with Crippen molar-refractivity contribution in [1.82, 2.24) is 0 Å². The molecule has 0 fully saturated rings. The summed E-state index contributed by atoms with van der Waals surface area (Å²) in [6, 6.07) is 2.10. The van der Waals surface area contributed by atoms with E-state index >= 15 is 0 Å². The summed E-state index contributed by atoms with van der Waals surface area (Å²) in [5.74, 6) is -1.19. The van der Waals surface area contributed by atoms with Crippen LogP contribution in [-0.4, -0.2) is 22.8 Å². The summed E-state index contributed by atoms with van der Waals surface area (Å²) in [6.07, 6.45) is -0.0267. The summed E-state index contributed by atoms with van der Waals surface area (Å²) < 4.78 is 0. The zero-order valence-electron chi connectivity index (χ0n) is 10.9. The summed E-state index contributed by atoms with van der Waals surface area (Å²) in [6.45, 7) is 7.88. The van der Waals surface area contributed by atoms with Gasteiger partial charge in [-0.05, 0) is 55.5 Å². The van der Waals surface area contributed by atoms with Crippen LogP contribution < -0.4 is 0 Å². The van der Waals surface area contributed by atoms with Crippen molar-refractivity contribution in [3.63, 3.8) is 0 Å². The molecule has 1 aromatic rings. The molecule has 0 aliphatic heterocycles. The Labute approximate surface area is 102 Å². The molecule has 2 N–H and O–H groups in total. The summed E-state index contributed by atoms with van der Waals surface area (Å²) in [7, 11) is 0. The van der Waals surface area contributed by atoms with Crippen molar-refractivity contribution in [3.05, 3.63) is 33.9 Å². The lowest BCUT2D eigenvalue weighted by atomic mass is 9.85. The van der Waals surface area contributed by atoms with Crippen LogP contribution in [0.2, 0.25) is 0 Å². The lowest BCUT2D eigenvalue weighted by Gasteiger charge is -2.21. The van der Waals surface area contributed by atoms with Crippen LogP contribution in [0.5, 0.6) is 0 Å². The van der Waals surface area contributed by atoms with Crippen molar-refractivity contribution in [2.75, 3.05) is 6.61 Å². The molecule has 0 bridgehead atoms. The highest BCUT2D eigenvalue weighted by atomic mass is 16.4. The fourth-order valence-corrected chi connectivity index (χ4v) is 2.33. The van der Waals surface area contributed by atoms with E-state index in [-0.39, 0.29) is 18.9 Å². The molecule has 0 spiro atoms. The fourth-order valence-electron chi connectivity index (χ4n) is 2.33. The molecule has 1 atom stereocenters. The molecule has 1 aromatic carbocycles. The third kappa shape index (κ3) is 2.86. The van der Waals surface area contributed by atoms with E-state index in [9.17, 15) is 9.90 Å². The van der Waals surface area contributed by atoms with Crippen molar-refractivity contribution in [3.8, 4) is 0 Å². The van der Waals surface area contributed by atoms with Gasteiger partial charge < -0.3 is 10.2 Å².